The van der Waals surface area contributed by atoms with Crippen molar-refractivity contribution in [2.75, 3.05) is 38.6 Å². The topological polar surface area (TPSA) is 35.6 Å². The van der Waals surface area contributed by atoms with Gasteiger partial charge in [-0.25, -0.2) is 0 Å². The van der Waals surface area contributed by atoms with Crippen LogP contribution in [0.4, 0.5) is 5.69 Å². The molecule has 0 spiro atoms. The zero-order valence-electron chi connectivity index (χ0n) is 12.7. The molecule has 0 aromatic heterocycles. The second-order valence-electron chi connectivity index (χ2n) is 5.75. The molecule has 4 heteroatoms. The van der Waals surface area contributed by atoms with E-state index in [4.69, 9.17) is 0 Å². The normalized spacial score (nSPS) is 16.9. The molecule has 0 saturated carbocycles. The van der Waals surface area contributed by atoms with Gasteiger partial charge in [0.1, 0.15) is 0 Å². The first kappa shape index (κ1) is 14.9. The molecule has 2 rings (SSSR count). The minimum absolute atomic E-state index is 0.0137. The van der Waals surface area contributed by atoms with Gasteiger partial charge in [-0.3, -0.25) is 9.69 Å². The van der Waals surface area contributed by atoms with E-state index in [1.165, 1.54) is 12.8 Å². The van der Waals surface area contributed by atoms with Crippen LogP contribution in [0.2, 0.25) is 0 Å². The predicted molar refractivity (Wildman–Crippen MR) is 83.4 cm³/mol. The smallest absolute Gasteiger partial charge is 0.251 e. The molecule has 0 bridgehead atoms. The Labute approximate surface area is 121 Å². The van der Waals surface area contributed by atoms with Gasteiger partial charge in [0.25, 0.3) is 5.91 Å². The van der Waals surface area contributed by atoms with Crippen LogP contribution in [0.1, 0.15) is 30.1 Å². The fraction of sp³-hybridized carbons (Fsp3) is 0.562. The van der Waals surface area contributed by atoms with E-state index < -0.39 is 0 Å². The third-order valence-corrected chi connectivity index (χ3v) is 3.95. The number of likely N-dealkylation sites (tertiary alicyclic amines) is 1. The van der Waals surface area contributed by atoms with E-state index in [-0.39, 0.29) is 5.91 Å². The number of benzene rings is 1. The molecule has 0 radical (unpaired) electrons. The van der Waals surface area contributed by atoms with Crippen molar-refractivity contribution in [3.8, 4) is 0 Å². The summed E-state index contributed by atoms with van der Waals surface area (Å²) in [6.45, 7) is 5.22. The Hall–Kier alpha value is -1.55. The van der Waals surface area contributed by atoms with Crippen molar-refractivity contribution < 1.29 is 4.79 Å². The molecule has 0 aliphatic carbocycles. The number of carbonyl (C=O) groups is 1. The van der Waals surface area contributed by atoms with Crippen LogP contribution in [-0.2, 0) is 0 Å². The third kappa shape index (κ3) is 3.73. The van der Waals surface area contributed by atoms with Crippen molar-refractivity contribution in [3.05, 3.63) is 29.8 Å². The molecule has 1 aliphatic rings. The maximum Gasteiger partial charge on any atom is 0.251 e. The standard InChI is InChI=1S/C16H25N3O/c1-13(19-9-4-5-10-19)12-17-16(20)14-7-6-8-15(11-14)18(2)3/h6-8,11,13H,4-5,9-10,12H2,1-3H3,(H,17,20). The number of carbonyl (C=O) groups excluding carboxylic acids is 1. The zero-order chi connectivity index (χ0) is 14.5. The number of nitrogens with one attached hydrogen (secondary N) is 1. The lowest BCUT2D eigenvalue weighted by molar-refractivity contribution is 0.0940. The summed E-state index contributed by atoms with van der Waals surface area (Å²) in [5, 5.41) is 3.04. The monoisotopic (exact) mass is 275 g/mol. The van der Waals surface area contributed by atoms with Crippen molar-refractivity contribution in [1.29, 1.82) is 0 Å². The SMILES string of the molecule is CC(CNC(=O)c1cccc(N(C)C)c1)N1CCCC1. The Kier molecular flexibility index (Phi) is 5.01. The summed E-state index contributed by atoms with van der Waals surface area (Å²) >= 11 is 0. The Morgan fingerprint density at radius 3 is 2.70 bits per heavy atom. The number of amides is 1. The molecule has 1 heterocycles. The van der Waals surface area contributed by atoms with Gasteiger partial charge in [0.2, 0.25) is 0 Å². The Morgan fingerprint density at radius 1 is 1.35 bits per heavy atom. The van der Waals surface area contributed by atoms with Crippen molar-refractivity contribution in [1.82, 2.24) is 10.2 Å². The van der Waals surface area contributed by atoms with Gasteiger partial charge in [-0.05, 0) is 51.1 Å². The van der Waals surface area contributed by atoms with Crippen molar-refractivity contribution in [2.24, 2.45) is 0 Å². The highest BCUT2D eigenvalue weighted by Gasteiger charge is 2.18. The molecule has 1 N–H and O–H groups in total. The van der Waals surface area contributed by atoms with Gasteiger partial charge in [0.05, 0.1) is 0 Å². The van der Waals surface area contributed by atoms with Gasteiger partial charge in [0.15, 0.2) is 0 Å². The predicted octanol–water partition coefficient (Wildman–Crippen LogP) is 1.97. The number of rotatable bonds is 5. The van der Waals surface area contributed by atoms with E-state index in [1.54, 1.807) is 0 Å². The number of hydrogen-bond donors (Lipinski definition) is 1. The van der Waals surface area contributed by atoms with Gasteiger partial charge < -0.3 is 10.2 Å². The van der Waals surface area contributed by atoms with Crippen LogP contribution < -0.4 is 10.2 Å². The largest absolute Gasteiger partial charge is 0.378 e. The van der Waals surface area contributed by atoms with Gasteiger partial charge in [-0.1, -0.05) is 6.07 Å². The first-order valence-corrected chi connectivity index (χ1v) is 7.37. The lowest BCUT2D eigenvalue weighted by atomic mass is 10.1. The van der Waals surface area contributed by atoms with Gasteiger partial charge in [-0.2, -0.15) is 0 Å². The zero-order valence-corrected chi connectivity index (χ0v) is 12.7. The van der Waals surface area contributed by atoms with Crippen molar-refractivity contribution >= 4 is 11.6 Å². The van der Waals surface area contributed by atoms with E-state index in [0.29, 0.717) is 12.6 Å². The lowest BCUT2D eigenvalue weighted by Gasteiger charge is -2.24. The van der Waals surface area contributed by atoms with Gasteiger partial charge >= 0.3 is 0 Å². The molecule has 1 unspecified atom stereocenters. The number of nitrogens with zero attached hydrogens (tertiary/aromatic N) is 2. The van der Waals surface area contributed by atoms with Crippen LogP contribution in [0, 0.1) is 0 Å². The second-order valence-corrected chi connectivity index (χ2v) is 5.75. The molecule has 110 valence electrons. The maximum atomic E-state index is 12.2. The Morgan fingerprint density at radius 2 is 2.05 bits per heavy atom. The van der Waals surface area contributed by atoms with E-state index >= 15 is 0 Å². The van der Waals surface area contributed by atoms with Crippen LogP contribution in [0.5, 0.6) is 0 Å². The molecule has 4 nitrogen and oxygen atoms in total. The number of hydrogen-bond acceptors (Lipinski definition) is 3. The molecular weight excluding hydrogens is 250 g/mol. The summed E-state index contributed by atoms with van der Waals surface area (Å²) < 4.78 is 0. The molecular formula is C16H25N3O. The summed E-state index contributed by atoms with van der Waals surface area (Å²) in [6.07, 6.45) is 2.56. The molecule has 1 aromatic carbocycles. The van der Waals surface area contributed by atoms with Gasteiger partial charge in [0, 0.05) is 37.9 Å². The first-order valence-electron chi connectivity index (χ1n) is 7.37. The van der Waals surface area contributed by atoms with E-state index in [9.17, 15) is 4.79 Å². The highest BCUT2D eigenvalue weighted by atomic mass is 16.1. The van der Waals surface area contributed by atoms with Crippen LogP contribution in [0.25, 0.3) is 0 Å². The highest BCUT2D eigenvalue weighted by Crippen LogP contribution is 2.14. The fourth-order valence-electron chi connectivity index (χ4n) is 2.58. The average molecular weight is 275 g/mol. The van der Waals surface area contributed by atoms with Crippen LogP contribution in [-0.4, -0.2) is 50.6 Å². The number of anilines is 1. The first-order chi connectivity index (χ1) is 9.58. The third-order valence-electron chi connectivity index (χ3n) is 3.95. The van der Waals surface area contributed by atoms with Crippen LogP contribution in [0.15, 0.2) is 24.3 Å². The molecule has 1 amide bonds. The summed E-state index contributed by atoms with van der Waals surface area (Å²) in [5.41, 5.74) is 1.77. The van der Waals surface area contributed by atoms with Crippen LogP contribution in [0.3, 0.4) is 0 Å². The molecule has 20 heavy (non-hydrogen) atoms. The summed E-state index contributed by atoms with van der Waals surface area (Å²) in [7, 11) is 3.96. The summed E-state index contributed by atoms with van der Waals surface area (Å²) in [5.74, 6) is 0.0137. The maximum absolute atomic E-state index is 12.2. The summed E-state index contributed by atoms with van der Waals surface area (Å²) in [4.78, 5) is 16.6. The van der Waals surface area contributed by atoms with E-state index in [2.05, 4.69) is 17.1 Å². The van der Waals surface area contributed by atoms with Crippen molar-refractivity contribution in [3.63, 3.8) is 0 Å². The van der Waals surface area contributed by atoms with Crippen molar-refractivity contribution in [2.45, 2.75) is 25.8 Å². The molecule has 1 atom stereocenters. The Bertz CT molecular complexity index is 453. The minimum Gasteiger partial charge on any atom is -0.378 e. The molecule has 1 saturated heterocycles. The summed E-state index contributed by atoms with van der Waals surface area (Å²) in [6, 6.07) is 8.13. The van der Waals surface area contributed by atoms with Crippen LogP contribution >= 0.6 is 0 Å². The molecule has 1 fully saturated rings. The highest BCUT2D eigenvalue weighted by molar-refractivity contribution is 5.95. The van der Waals surface area contributed by atoms with Gasteiger partial charge in [-0.15, -0.1) is 0 Å². The van der Waals surface area contributed by atoms with E-state index in [0.717, 1.165) is 24.3 Å². The molecule has 1 aromatic rings. The fourth-order valence-corrected chi connectivity index (χ4v) is 2.58. The minimum atomic E-state index is 0.0137. The molecule has 1 aliphatic heterocycles. The quantitative estimate of drug-likeness (QED) is 0.892. The average Bonchev–Trinajstić information content (AvgIpc) is 2.98. The Balaban J connectivity index is 1.89. The lowest BCUT2D eigenvalue weighted by Crippen LogP contribution is -2.40. The van der Waals surface area contributed by atoms with E-state index in [1.807, 2.05) is 43.3 Å². The second kappa shape index (κ2) is 6.75.